The highest BCUT2D eigenvalue weighted by Crippen LogP contribution is 2.08. The Morgan fingerprint density at radius 1 is 1.27 bits per heavy atom. The molecule has 0 atom stereocenters. The molecule has 8 nitrogen and oxygen atoms in total. The minimum Gasteiger partial charge on any atom is -0.337 e. The first kappa shape index (κ1) is 14.5. The van der Waals surface area contributed by atoms with Gasteiger partial charge in [0.2, 0.25) is 0 Å². The van der Waals surface area contributed by atoms with Gasteiger partial charge in [-0.1, -0.05) is 0 Å². The Hall–Kier alpha value is -2.48. The van der Waals surface area contributed by atoms with Crippen molar-refractivity contribution in [1.82, 2.24) is 30.0 Å². The number of likely N-dealkylation sites (tertiary alicyclic amines) is 1. The number of rotatable bonds is 5. The lowest BCUT2D eigenvalue weighted by molar-refractivity contribution is 0.249. The molecule has 2 aromatic heterocycles. The molecule has 0 spiro atoms. The molecule has 1 saturated heterocycles. The average molecular weight is 301 g/mol. The molecule has 2 amide bonds. The highest BCUT2D eigenvalue weighted by molar-refractivity contribution is 5.89. The molecule has 22 heavy (non-hydrogen) atoms. The number of carbonyl (C=O) groups excluding carboxylic acids is 1. The van der Waals surface area contributed by atoms with Gasteiger partial charge in [-0.25, -0.2) is 19.4 Å². The van der Waals surface area contributed by atoms with Crippen molar-refractivity contribution in [2.45, 2.75) is 12.8 Å². The molecule has 0 aliphatic carbocycles. The molecule has 3 heterocycles. The monoisotopic (exact) mass is 301 g/mol. The van der Waals surface area contributed by atoms with Crippen LogP contribution in [0.15, 0.2) is 31.0 Å². The normalized spacial score (nSPS) is 14.9. The van der Waals surface area contributed by atoms with Crippen molar-refractivity contribution < 1.29 is 4.79 Å². The summed E-state index contributed by atoms with van der Waals surface area (Å²) in [6.07, 6.45) is 7.13. The fourth-order valence-corrected chi connectivity index (χ4v) is 2.43. The highest BCUT2D eigenvalue weighted by Gasteiger charge is 2.11. The quantitative estimate of drug-likeness (QED) is 0.856. The van der Waals surface area contributed by atoms with Crippen molar-refractivity contribution >= 4 is 11.7 Å². The number of hydrogen-bond donors (Lipinski definition) is 2. The van der Waals surface area contributed by atoms with Gasteiger partial charge in [0.05, 0.1) is 11.9 Å². The van der Waals surface area contributed by atoms with Crippen LogP contribution in [0.2, 0.25) is 0 Å². The molecule has 0 unspecified atom stereocenters. The first-order valence-corrected chi connectivity index (χ1v) is 7.39. The number of hydrogen-bond acceptors (Lipinski definition) is 5. The fourth-order valence-electron chi connectivity index (χ4n) is 2.43. The van der Waals surface area contributed by atoms with Crippen LogP contribution in [0.3, 0.4) is 0 Å². The van der Waals surface area contributed by atoms with Crippen molar-refractivity contribution in [3.8, 4) is 5.82 Å². The van der Waals surface area contributed by atoms with Crippen molar-refractivity contribution in [2.24, 2.45) is 0 Å². The first-order valence-electron chi connectivity index (χ1n) is 7.39. The second-order valence-electron chi connectivity index (χ2n) is 5.17. The van der Waals surface area contributed by atoms with Crippen LogP contribution in [0.1, 0.15) is 12.8 Å². The lowest BCUT2D eigenvalue weighted by atomic mass is 10.4. The molecule has 1 fully saturated rings. The third-order valence-corrected chi connectivity index (χ3v) is 3.57. The molecule has 0 saturated carbocycles. The molecule has 3 rings (SSSR count). The Morgan fingerprint density at radius 3 is 2.82 bits per heavy atom. The third kappa shape index (κ3) is 3.79. The Balaban J connectivity index is 1.44. The summed E-state index contributed by atoms with van der Waals surface area (Å²) < 4.78 is 1.56. The second-order valence-corrected chi connectivity index (χ2v) is 5.17. The van der Waals surface area contributed by atoms with Crippen LogP contribution in [0, 0.1) is 0 Å². The summed E-state index contributed by atoms with van der Waals surface area (Å²) in [6, 6.07) is 3.34. The van der Waals surface area contributed by atoms with Crippen molar-refractivity contribution in [2.75, 3.05) is 31.5 Å². The van der Waals surface area contributed by atoms with Gasteiger partial charge in [-0.15, -0.1) is 0 Å². The summed E-state index contributed by atoms with van der Waals surface area (Å²) in [5.41, 5.74) is 0.641. The smallest absolute Gasteiger partial charge is 0.319 e. The number of aromatic nitrogens is 4. The minimum absolute atomic E-state index is 0.213. The number of nitrogens with zero attached hydrogens (tertiary/aromatic N) is 5. The first-order chi connectivity index (χ1) is 10.8. The minimum atomic E-state index is -0.213. The van der Waals surface area contributed by atoms with Crippen molar-refractivity contribution in [1.29, 1.82) is 0 Å². The highest BCUT2D eigenvalue weighted by atomic mass is 16.2. The van der Waals surface area contributed by atoms with Crippen LogP contribution in [0.5, 0.6) is 0 Å². The van der Waals surface area contributed by atoms with Crippen LogP contribution >= 0.6 is 0 Å². The molecule has 2 N–H and O–H groups in total. The number of carbonyl (C=O) groups is 1. The Bertz CT molecular complexity index is 590. The maximum Gasteiger partial charge on any atom is 0.319 e. The van der Waals surface area contributed by atoms with Crippen LogP contribution < -0.4 is 10.6 Å². The largest absolute Gasteiger partial charge is 0.337 e. The van der Waals surface area contributed by atoms with Gasteiger partial charge in [0.15, 0.2) is 5.82 Å². The van der Waals surface area contributed by atoms with E-state index in [1.54, 1.807) is 29.3 Å². The van der Waals surface area contributed by atoms with E-state index in [9.17, 15) is 4.79 Å². The van der Waals surface area contributed by atoms with Crippen LogP contribution in [-0.4, -0.2) is 56.9 Å². The molecular formula is C14H19N7O. The number of amides is 2. The van der Waals surface area contributed by atoms with E-state index >= 15 is 0 Å². The van der Waals surface area contributed by atoms with Crippen LogP contribution in [0.25, 0.3) is 5.82 Å². The summed E-state index contributed by atoms with van der Waals surface area (Å²) in [6.45, 7) is 3.82. The molecule has 0 aromatic carbocycles. The summed E-state index contributed by atoms with van der Waals surface area (Å²) in [4.78, 5) is 22.3. The number of urea groups is 1. The maximum absolute atomic E-state index is 11.8. The van der Waals surface area contributed by atoms with E-state index in [1.165, 1.54) is 19.2 Å². The van der Waals surface area contributed by atoms with Crippen molar-refractivity contribution in [3.63, 3.8) is 0 Å². The second kappa shape index (κ2) is 6.99. The van der Waals surface area contributed by atoms with E-state index in [0.29, 0.717) is 18.1 Å². The standard InChI is InChI=1S/C14H19N7O/c22-14(16-5-8-20-6-1-2-7-20)19-12-3-4-13(17-9-12)21-11-15-10-18-21/h3-4,9-11H,1-2,5-8H2,(H2,16,19,22). The van der Waals surface area contributed by atoms with Gasteiger partial charge < -0.3 is 15.5 Å². The molecule has 1 aliphatic heterocycles. The van der Waals surface area contributed by atoms with Crippen LogP contribution in [-0.2, 0) is 0 Å². The Kier molecular flexibility index (Phi) is 4.59. The summed E-state index contributed by atoms with van der Waals surface area (Å²) in [5, 5.41) is 9.61. The molecule has 116 valence electrons. The maximum atomic E-state index is 11.8. The van der Waals surface area contributed by atoms with Gasteiger partial charge in [-0.3, -0.25) is 0 Å². The third-order valence-electron chi connectivity index (χ3n) is 3.57. The van der Waals surface area contributed by atoms with Gasteiger partial charge in [0.1, 0.15) is 12.7 Å². The zero-order valence-corrected chi connectivity index (χ0v) is 12.3. The van der Waals surface area contributed by atoms with Gasteiger partial charge in [-0.2, -0.15) is 5.10 Å². The van der Waals surface area contributed by atoms with Gasteiger partial charge in [0.25, 0.3) is 0 Å². The molecule has 8 heteroatoms. The lowest BCUT2D eigenvalue weighted by Gasteiger charge is -2.15. The predicted molar refractivity (Wildman–Crippen MR) is 81.8 cm³/mol. The SMILES string of the molecule is O=C(NCCN1CCCC1)Nc1ccc(-n2cncn2)nc1. The number of pyridine rings is 1. The Morgan fingerprint density at radius 2 is 2.14 bits per heavy atom. The van der Waals surface area contributed by atoms with Gasteiger partial charge in [-0.05, 0) is 38.1 Å². The number of nitrogens with one attached hydrogen (secondary N) is 2. The molecule has 1 aliphatic rings. The van der Waals surface area contributed by atoms with Crippen molar-refractivity contribution in [3.05, 3.63) is 31.0 Å². The van der Waals surface area contributed by atoms with E-state index in [0.717, 1.165) is 19.6 Å². The summed E-state index contributed by atoms with van der Waals surface area (Å²) >= 11 is 0. The molecule has 2 aromatic rings. The molecule has 0 radical (unpaired) electrons. The average Bonchev–Trinajstić information content (AvgIpc) is 3.21. The van der Waals surface area contributed by atoms with E-state index in [4.69, 9.17) is 0 Å². The summed E-state index contributed by atoms with van der Waals surface area (Å²) in [5.74, 6) is 0.650. The van der Waals surface area contributed by atoms with Gasteiger partial charge >= 0.3 is 6.03 Å². The lowest BCUT2D eigenvalue weighted by Crippen LogP contribution is -2.35. The zero-order valence-electron chi connectivity index (χ0n) is 12.3. The fraction of sp³-hybridized carbons (Fsp3) is 0.429. The van der Waals surface area contributed by atoms with E-state index < -0.39 is 0 Å². The molecule has 0 bridgehead atoms. The number of anilines is 1. The zero-order chi connectivity index (χ0) is 15.2. The summed E-state index contributed by atoms with van der Waals surface area (Å²) in [7, 11) is 0. The van der Waals surface area contributed by atoms with E-state index in [2.05, 4.69) is 30.6 Å². The molecular weight excluding hydrogens is 282 g/mol. The van der Waals surface area contributed by atoms with E-state index in [-0.39, 0.29) is 6.03 Å². The van der Waals surface area contributed by atoms with Crippen LogP contribution in [0.4, 0.5) is 10.5 Å². The van der Waals surface area contributed by atoms with Gasteiger partial charge in [0, 0.05) is 13.1 Å². The predicted octanol–water partition coefficient (Wildman–Crippen LogP) is 0.880. The topological polar surface area (TPSA) is 88.0 Å². The Labute approximate surface area is 128 Å². The van der Waals surface area contributed by atoms with E-state index in [1.807, 2.05) is 0 Å².